The molecule has 28 heavy (non-hydrogen) atoms. The Bertz CT molecular complexity index is 856. The molecule has 0 spiro atoms. The summed E-state index contributed by atoms with van der Waals surface area (Å²) in [6.07, 6.45) is -2.48. The summed E-state index contributed by atoms with van der Waals surface area (Å²) in [5.74, 6) is 0. The average molecular weight is 468 g/mol. The zero-order valence-corrected chi connectivity index (χ0v) is 23.4. The normalized spacial score (nSPS) is 23.7. The number of hydrogen-bond donors (Lipinski definition) is 2. The number of aliphatic hydroxyl groups excluding tert-OH is 1. The van der Waals surface area contributed by atoms with E-state index in [4.69, 9.17) is 4.74 Å². The first-order valence-corrected chi connectivity index (χ1v) is 9.65. The maximum absolute atomic E-state index is 11.8. The van der Waals surface area contributed by atoms with Gasteiger partial charge in [0.1, 0.15) is 12.3 Å². The van der Waals surface area contributed by atoms with Crippen molar-refractivity contribution in [1.82, 2.24) is 9.55 Å². The molecule has 0 aliphatic carbocycles. The molecule has 0 aromatic carbocycles. The topological polar surface area (TPSA) is 206 Å². The van der Waals surface area contributed by atoms with Crippen LogP contribution in [0.1, 0.15) is 18.2 Å². The Morgan fingerprint density at radius 2 is 1.86 bits per heavy atom. The van der Waals surface area contributed by atoms with Gasteiger partial charge in [-0.25, -0.2) is 4.79 Å². The van der Waals surface area contributed by atoms with E-state index in [-0.39, 0.29) is 101 Å². The summed E-state index contributed by atoms with van der Waals surface area (Å²) < 4.78 is 35.2. The summed E-state index contributed by atoms with van der Waals surface area (Å²) in [6.45, 7) is 0.589. The Kier molecular flexibility index (Phi) is 14.6. The first-order valence-electron chi connectivity index (χ1n) is 6.72. The molecular weight excluding hydrogens is 455 g/mol. The molecule has 1 aliphatic rings. The average Bonchev–Trinajstić information content (AvgIpc) is 2.79. The molecule has 4 atom stereocenters. The molecule has 0 radical (unpaired) electrons. The Balaban J connectivity index is 0. The van der Waals surface area contributed by atoms with Crippen molar-refractivity contribution in [1.29, 1.82) is 0 Å². The van der Waals surface area contributed by atoms with E-state index in [1.165, 1.54) is 13.1 Å². The molecule has 1 fully saturated rings. The molecule has 2 heterocycles. The SMILES string of the molecule is Cc1cn([C@@H]2C[C@@H](O)[C@H](COP(=O)([O-])OP(=O)([O-])[O-])O2)c(=O)[nH]c1=O.[Na+].[Na+].[Na+]. The van der Waals surface area contributed by atoms with E-state index >= 15 is 0 Å². The first-order chi connectivity index (χ1) is 11.4. The fourth-order valence-electron chi connectivity index (χ4n) is 2.15. The zero-order chi connectivity index (χ0) is 19.0. The van der Waals surface area contributed by atoms with Crippen LogP contribution in [0.3, 0.4) is 0 Å². The van der Waals surface area contributed by atoms with Crippen LogP contribution in [-0.2, 0) is 22.7 Å². The smallest absolute Gasteiger partial charge is 0.790 e. The van der Waals surface area contributed by atoms with Gasteiger partial charge in [0.2, 0.25) is 0 Å². The van der Waals surface area contributed by atoms with Gasteiger partial charge in [0.25, 0.3) is 13.4 Å². The summed E-state index contributed by atoms with van der Waals surface area (Å²) in [7, 11) is -11.3. The van der Waals surface area contributed by atoms with E-state index in [2.05, 4.69) is 8.83 Å². The van der Waals surface area contributed by atoms with Crippen molar-refractivity contribution < 1.29 is 131 Å². The second-order valence-electron chi connectivity index (χ2n) is 5.18. The van der Waals surface area contributed by atoms with Gasteiger partial charge in [-0.15, -0.1) is 0 Å². The van der Waals surface area contributed by atoms with Gasteiger partial charge in [-0.1, -0.05) is 0 Å². The minimum absolute atomic E-state index is 0. The molecule has 142 valence electrons. The molecule has 1 aromatic heterocycles. The van der Waals surface area contributed by atoms with E-state index in [1.807, 2.05) is 4.98 Å². The Morgan fingerprint density at radius 1 is 1.29 bits per heavy atom. The van der Waals surface area contributed by atoms with Crippen molar-refractivity contribution >= 4 is 15.6 Å². The van der Waals surface area contributed by atoms with Crippen LogP contribution >= 0.6 is 15.6 Å². The number of aromatic amines is 1. The van der Waals surface area contributed by atoms with Crippen molar-refractivity contribution in [2.75, 3.05) is 6.61 Å². The number of aryl methyl sites for hydroxylation is 1. The van der Waals surface area contributed by atoms with Crippen molar-refractivity contribution in [3.05, 3.63) is 32.6 Å². The quantitative estimate of drug-likeness (QED) is 0.296. The molecule has 0 amide bonds. The van der Waals surface area contributed by atoms with Gasteiger partial charge in [-0.05, 0) is 6.92 Å². The number of aliphatic hydroxyl groups is 1. The molecule has 1 saturated heterocycles. The number of nitrogens with zero attached hydrogens (tertiary/aromatic N) is 1. The predicted molar refractivity (Wildman–Crippen MR) is 72.8 cm³/mol. The van der Waals surface area contributed by atoms with Crippen LogP contribution in [0.2, 0.25) is 0 Å². The third-order valence-electron chi connectivity index (χ3n) is 3.26. The van der Waals surface area contributed by atoms with Crippen molar-refractivity contribution in [3.63, 3.8) is 0 Å². The van der Waals surface area contributed by atoms with E-state index in [0.717, 1.165) is 4.57 Å². The van der Waals surface area contributed by atoms with Crippen LogP contribution in [-0.4, -0.2) is 33.5 Å². The van der Waals surface area contributed by atoms with Crippen molar-refractivity contribution in [2.24, 2.45) is 0 Å². The van der Waals surface area contributed by atoms with Gasteiger partial charge in [0, 0.05) is 18.2 Å². The standard InChI is InChI=1S/C10H16N2O11P2.3Na/c1-5-3-12(10(15)11-9(5)14)8-2-6(13)7(22-8)4-21-25(19,20)23-24(16,17)18;;;/h3,6-8,13H,2,4H2,1H3,(H,19,20)(H,11,14,15)(H2,16,17,18);;;/q;3*+1/p-3/t6-,7+,8+;;;/m1.../s1. The number of nitrogens with one attached hydrogen (secondary N) is 1. The van der Waals surface area contributed by atoms with Crippen LogP contribution in [0.5, 0.6) is 0 Å². The third-order valence-corrected chi connectivity index (χ3v) is 5.32. The Hall–Kier alpha value is 1.86. The number of hydrogen-bond acceptors (Lipinski definition) is 11. The third kappa shape index (κ3) is 9.56. The van der Waals surface area contributed by atoms with Gasteiger partial charge in [-0.2, -0.15) is 0 Å². The minimum atomic E-state index is -5.82. The van der Waals surface area contributed by atoms with Gasteiger partial charge in [0.05, 0.1) is 20.5 Å². The summed E-state index contributed by atoms with van der Waals surface area (Å²) in [5.41, 5.74) is -1.19. The number of aromatic nitrogens is 2. The summed E-state index contributed by atoms with van der Waals surface area (Å²) >= 11 is 0. The summed E-state index contributed by atoms with van der Waals surface area (Å²) in [5, 5.41) is 9.86. The van der Waals surface area contributed by atoms with Crippen LogP contribution in [0.4, 0.5) is 0 Å². The number of phosphoric acid groups is 2. The predicted octanol–water partition coefficient (Wildman–Crippen LogP) is -12.2. The van der Waals surface area contributed by atoms with Gasteiger partial charge in [-0.3, -0.25) is 23.2 Å². The van der Waals surface area contributed by atoms with Gasteiger partial charge in [0.15, 0.2) is 0 Å². The maximum atomic E-state index is 11.8. The fraction of sp³-hybridized carbons (Fsp3) is 0.600. The Morgan fingerprint density at radius 3 is 2.39 bits per heavy atom. The summed E-state index contributed by atoms with van der Waals surface area (Å²) in [6, 6.07) is 0. The monoisotopic (exact) mass is 468 g/mol. The van der Waals surface area contributed by atoms with E-state index in [1.54, 1.807) is 0 Å². The fourth-order valence-corrected chi connectivity index (χ4v) is 3.64. The number of phosphoric ester groups is 1. The maximum Gasteiger partial charge on any atom is 1.00 e. The molecule has 1 aliphatic heterocycles. The molecule has 2 N–H and O–H groups in total. The van der Waals surface area contributed by atoms with Crippen LogP contribution in [0.15, 0.2) is 15.8 Å². The number of rotatable bonds is 6. The first kappa shape index (κ1) is 32.0. The minimum Gasteiger partial charge on any atom is -0.790 e. The van der Waals surface area contributed by atoms with Gasteiger partial charge >= 0.3 is 94.4 Å². The zero-order valence-electron chi connectivity index (χ0n) is 15.6. The Labute approximate surface area is 224 Å². The molecule has 1 unspecified atom stereocenters. The number of H-pyrrole nitrogens is 1. The second-order valence-corrected chi connectivity index (χ2v) is 7.88. The largest absolute Gasteiger partial charge is 1.00 e. The molecule has 0 bridgehead atoms. The number of ether oxygens (including phenoxy) is 1. The van der Waals surface area contributed by atoms with Crippen LogP contribution in [0.25, 0.3) is 0 Å². The molecule has 0 saturated carbocycles. The summed E-state index contributed by atoms with van der Waals surface area (Å²) in [4.78, 5) is 56.9. The van der Waals surface area contributed by atoms with Crippen molar-refractivity contribution in [3.8, 4) is 0 Å². The van der Waals surface area contributed by atoms with Crippen LogP contribution in [0, 0.1) is 6.92 Å². The molecule has 1 aromatic rings. The molecule has 18 heteroatoms. The second kappa shape index (κ2) is 12.8. The van der Waals surface area contributed by atoms with E-state index < -0.39 is 51.9 Å². The molecule has 13 nitrogen and oxygen atoms in total. The van der Waals surface area contributed by atoms with Gasteiger partial charge < -0.3 is 33.6 Å². The van der Waals surface area contributed by atoms with Crippen molar-refractivity contribution in [2.45, 2.75) is 31.8 Å². The molecular formula is C10H13N2Na3O11P2. The molecule has 2 rings (SSSR count). The van der Waals surface area contributed by atoms with E-state index in [0.29, 0.717) is 0 Å². The van der Waals surface area contributed by atoms with E-state index in [9.17, 15) is 38.5 Å². The van der Waals surface area contributed by atoms with Crippen LogP contribution < -0.4 is 115 Å².